The number of hydrogen-bond donors (Lipinski definition) is 1. The molecule has 1 atom stereocenters. The second kappa shape index (κ2) is 6.20. The van der Waals surface area contributed by atoms with Crippen LogP contribution in [0.1, 0.15) is 5.69 Å². The molecule has 5 heteroatoms. The van der Waals surface area contributed by atoms with Crippen LogP contribution in [0, 0.1) is 11.8 Å². The second-order valence-corrected chi connectivity index (χ2v) is 4.53. The van der Waals surface area contributed by atoms with E-state index in [-0.39, 0.29) is 6.61 Å². The van der Waals surface area contributed by atoms with E-state index in [2.05, 4.69) is 21.8 Å². The maximum atomic E-state index is 8.68. The van der Waals surface area contributed by atoms with Gasteiger partial charge in [-0.2, -0.15) is 0 Å². The van der Waals surface area contributed by atoms with E-state index < -0.39 is 0 Å². The minimum absolute atomic E-state index is 0.189. The molecule has 0 radical (unpaired) electrons. The molecule has 0 bridgehead atoms. The van der Waals surface area contributed by atoms with Gasteiger partial charge in [0, 0.05) is 0 Å². The summed E-state index contributed by atoms with van der Waals surface area (Å²) >= 11 is 1.33. The normalized spacial score (nSPS) is 9.44. The number of benzene rings is 1. The molecule has 0 saturated carbocycles. The molecule has 4 nitrogen and oxygen atoms in total. The van der Waals surface area contributed by atoms with Crippen LogP contribution in [-0.2, 0) is 0 Å². The zero-order chi connectivity index (χ0) is 12.8. The fraction of sp³-hybridized carbons (Fsp3) is 0.0769. The fourth-order valence-corrected chi connectivity index (χ4v) is 1.87. The van der Waals surface area contributed by atoms with Gasteiger partial charge in [0.25, 0.3) is 0 Å². The summed E-state index contributed by atoms with van der Waals surface area (Å²) in [6.45, 7) is -0.189. The van der Waals surface area contributed by atoms with Gasteiger partial charge < -0.3 is 0 Å². The number of aliphatic hydroxyl groups is 1. The number of aromatic nitrogens is 2. The fourth-order valence-electron chi connectivity index (χ4n) is 1.28. The molecule has 1 unspecified atom stereocenters. The monoisotopic (exact) mass is 302 g/mol. The molecule has 1 N–H and O–H groups in total. The van der Waals surface area contributed by atoms with Gasteiger partial charge in [-0.05, 0) is 0 Å². The first-order valence-electron chi connectivity index (χ1n) is 5.24. The Labute approximate surface area is 114 Å². The molecule has 90 valence electrons. The summed E-state index contributed by atoms with van der Waals surface area (Å²) in [7, 11) is 0. The van der Waals surface area contributed by atoms with E-state index in [0.717, 1.165) is 10.1 Å². The molecule has 1 heterocycles. The van der Waals surface area contributed by atoms with Gasteiger partial charge in [0.1, 0.15) is 0 Å². The van der Waals surface area contributed by atoms with Crippen LogP contribution in [0.15, 0.2) is 36.7 Å². The molecular weight excluding hydrogens is 291 g/mol. The summed E-state index contributed by atoms with van der Waals surface area (Å²) in [5.74, 6) is 6.56. The van der Waals surface area contributed by atoms with Crippen LogP contribution in [0.5, 0.6) is 11.6 Å². The third-order valence-corrected chi connectivity index (χ3v) is 3.18. The van der Waals surface area contributed by atoms with Crippen molar-refractivity contribution in [2.75, 3.05) is 6.61 Å². The molecule has 0 fully saturated rings. The summed E-state index contributed by atoms with van der Waals surface area (Å²) in [4.78, 5) is 8.15. The van der Waals surface area contributed by atoms with Gasteiger partial charge in [-0.3, -0.25) is 0 Å². The van der Waals surface area contributed by atoms with Crippen molar-refractivity contribution in [3.05, 3.63) is 42.4 Å². The van der Waals surface area contributed by atoms with Crippen LogP contribution in [0.2, 0.25) is 0 Å². The van der Waals surface area contributed by atoms with Gasteiger partial charge in [0.05, 0.1) is 0 Å². The van der Waals surface area contributed by atoms with E-state index >= 15 is 0 Å². The van der Waals surface area contributed by atoms with Crippen molar-refractivity contribution in [1.29, 1.82) is 0 Å². The summed E-state index contributed by atoms with van der Waals surface area (Å²) in [6.07, 6.45) is 1.41. The molecule has 2 rings (SSSR count). The Morgan fingerprint density at radius 1 is 1.22 bits per heavy atom. The first-order valence-corrected chi connectivity index (χ1v) is 6.45. The Morgan fingerprint density at radius 2 is 2.00 bits per heavy atom. The number of nitrogens with zero attached hydrogens (tertiary/aromatic N) is 2. The topological polar surface area (TPSA) is 55.2 Å². The van der Waals surface area contributed by atoms with Gasteiger partial charge in [0.15, 0.2) is 0 Å². The average Bonchev–Trinajstić information content (AvgIpc) is 2.41. The Bertz CT molecular complexity index is 591. The molecule has 0 aliphatic carbocycles. The van der Waals surface area contributed by atoms with Gasteiger partial charge >= 0.3 is 113 Å². The van der Waals surface area contributed by atoms with Gasteiger partial charge in [-0.1, -0.05) is 0 Å². The standard InChI is InChI=1S/C13H11AsN2O2/c14-12-11(7-4-8-17)15-9-16-13(12)18-10-5-2-1-3-6-10/h1-3,5-6,9,17H,8,14H2. The van der Waals surface area contributed by atoms with E-state index in [1.165, 1.54) is 23.2 Å². The SMILES string of the molecule is OCC#Cc1ncnc(Oc2ccccc2)c1[AsH2]. The molecule has 1 aromatic carbocycles. The Hall–Kier alpha value is -1.82. The Balaban J connectivity index is 2.29. The van der Waals surface area contributed by atoms with Crippen molar-refractivity contribution < 1.29 is 9.84 Å². The zero-order valence-corrected chi connectivity index (χ0v) is 11.9. The van der Waals surface area contributed by atoms with Crippen LogP contribution in [0.25, 0.3) is 0 Å². The zero-order valence-electron chi connectivity index (χ0n) is 9.50. The van der Waals surface area contributed by atoms with E-state index in [1.807, 2.05) is 30.3 Å². The average molecular weight is 302 g/mol. The van der Waals surface area contributed by atoms with Crippen molar-refractivity contribution in [3.63, 3.8) is 0 Å². The third kappa shape index (κ3) is 3.10. The van der Waals surface area contributed by atoms with Crippen LogP contribution in [0.3, 0.4) is 0 Å². The summed E-state index contributed by atoms with van der Waals surface area (Å²) in [5, 5.41) is 8.68. The van der Waals surface area contributed by atoms with Gasteiger partial charge in [-0.15, -0.1) is 0 Å². The molecule has 0 amide bonds. The molecule has 0 aliphatic heterocycles. The number of para-hydroxylation sites is 1. The van der Waals surface area contributed by atoms with Crippen molar-refractivity contribution >= 4 is 21.2 Å². The quantitative estimate of drug-likeness (QED) is 0.620. The van der Waals surface area contributed by atoms with E-state index in [1.54, 1.807) is 0 Å². The molecule has 0 aliphatic rings. The Morgan fingerprint density at radius 3 is 2.72 bits per heavy atom. The van der Waals surface area contributed by atoms with E-state index in [9.17, 15) is 0 Å². The van der Waals surface area contributed by atoms with Crippen molar-refractivity contribution in [2.24, 2.45) is 0 Å². The maximum absolute atomic E-state index is 8.68. The predicted molar refractivity (Wildman–Crippen MR) is 70.7 cm³/mol. The number of hydrogen-bond acceptors (Lipinski definition) is 4. The van der Waals surface area contributed by atoms with E-state index in [0.29, 0.717) is 11.6 Å². The van der Waals surface area contributed by atoms with Crippen molar-refractivity contribution in [2.45, 2.75) is 0 Å². The summed E-state index contributed by atoms with van der Waals surface area (Å²) < 4.78 is 6.48. The molecule has 2 aromatic rings. The van der Waals surface area contributed by atoms with Gasteiger partial charge in [0.2, 0.25) is 0 Å². The predicted octanol–water partition coefficient (Wildman–Crippen LogP) is -0.129. The molecule has 1 aromatic heterocycles. The first-order chi connectivity index (χ1) is 8.81. The number of ether oxygens (including phenoxy) is 1. The minimum atomic E-state index is -0.189. The van der Waals surface area contributed by atoms with E-state index in [4.69, 9.17) is 9.84 Å². The third-order valence-electron chi connectivity index (χ3n) is 2.09. The van der Waals surface area contributed by atoms with Crippen molar-refractivity contribution in [1.82, 2.24) is 9.97 Å². The van der Waals surface area contributed by atoms with Crippen LogP contribution in [0.4, 0.5) is 0 Å². The molecule has 0 spiro atoms. The second-order valence-electron chi connectivity index (χ2n) is 3.32. The molecule has 0 saturated heterocycles. The number of rotatable bonds is 2. The van der Waals surface area contributed by atoms with Crippen LogP contribution >= 0.6 is 0 Å². The van der Waals surface area contributed by atoms with Crippen LogP contribution < -0.4 is 9.09 Å². The van der Waals surface area contributed by atoms with Crippen molar-refractivity contribution in [3.8, 4) is 23.5 Å². The Kier molecular flexibility index (Phi) is 4.35. The molecule has 18 heavy (non-hydrogen) atoms. The molecular formula is C13H11AsN2O2. The van der Waals surface area contributed by atoms with Gasteiger partial charge in [-0.25, -0.2) is 0 Å². The summed E-state index contributed by atoms with van der Waals surface area (Å²) in [5.41, 5.74) is 0.588. The van der Waals surface area contributed by atoms with Crippen LogP contribution in [-0.4, -0.2) is 38.5 Å². The first kappa shape index (κ1) is 12.6. The number of aliphatic hydroxyl groups excluding tert-OH is 1. The summed E-state index contributed by atoms with van der Waals surface area (Å²) in [6, 6.07) is 9.41.